The van der Waals surface area contributed by atoms with Gasteiger partial charge in [0.1, 0.15) is 11.3 Å². The Labute approximate surface area is 126 Å². The number of fused-ring (bicyclic) bond motifs is 1. The van der Waals surface area contributed by atoms with Crippen molar-refractivity contribution in [2.75, 3.05) is 0 Å². The van der Waals surface area contributed by atoms with E-state index in [2.05, 4.69) is 0 Å². The highest BCUT2D eigenvalue weighted by molar-refractivity contribution is 6.00. The zero-order valence-corrected chi connectivity index (χ0v) is 11.5. The van der Waals surface area contributed by atoms with Gasteiger partial charge in [0.25, 0.3) is 0 Å². The number of hydrogen-bond donors (Lipinski definition) is 1. The fourth-order valence-electron chi connectivity index (χ4n) is 2.20. The van der Waals surface area contributed by atoms with E-state index in [1.54, 1.807) is 36.4 Å². The lowest BCUT2D eigenvalue weighted by Gasteiger charge is -2.09. The first-order chi connectivity index (χ1) is 10.6. The van der Waals surface area contributed by atoms with Crippen LogP contribution in [0.1, 0.15) is 20.7 Å². The summed E-state index contributed by atoms with van der Waals surface area (Å²) in [5, 5.41) is 10.9. The van der Waals surface area contributed by atoms with Crippen molar-refractivity contribution in [1.29, 1.82) is 0 Å². The van der Waals surface area contributed by atoms with Gasteiger partial charge in [-0.2, -0.15) is 0 Å². The summed E-state index contributed by atoms with van der Waals surface area (Å²) in [6, 6.07) is 18.8. The van der Waals surface area contributed by atoms with E-state index in [0.29, 0.717) is 5.56 Å². The quantitative estimate of drug-likeness (QED) is 0.589. The molecule has 4 nitrogen and oxygen atoms in total. The second-order valence-electron chi connectivity index (χ2n) is 4.76. The van der Waals surface area contributed by atoms with Crippen LogP contribution in [0.25, 0.3) is 10.8 Å². The third-order valence-electron chi connectivity index (χ3n) is 3.29. The molecule has 0 spiro atoms. The normalized spacial score (nSPS) is 10.4. The Morgan fingerprint density at radius 1 is 0.818 bits per heavy atom. The van der Waals surface area contributed by atoms with E-state index < -0.39 is 11.9 Å². The van der Waals surface area contributed by atoms with E-state index in [1.165, 1.54) is 6.07 Å². The van der Waals surface area contributed by atoms with Gasteiger partial charge in [-0.25, -0.2) is 9.59 Å². The first-order valence-corrected chi connectivity index (χ1v) is 6.68. The van der Waals surface area contributed by atoms with Gasteiger partial charge in [0.15, 0.2) is 0 Å². The third kappa shape index (κ3) is 2.67. The predicted octanol–water partition coefficient (Wildman–Crippen LogP) is 3.76. The molecule has 0 saturated heterocycles. The van der Waals surface area contributed by atoms with Crippen molar-refractivity contribution >= 4 is 22.7 Å². The number of carbonyl (C=O) groups excluding carboxylic acids is 1. The number of esters is 1. The average Bonchev–Trinajstić information content (AvgIpc) is 2.54. The van der Waals surface area contributed by atoms with Crippen molar-refractivity contribution in [1.82, 2.24) is 0 Å². The molecule has 0 aliphatic carbocycles. The molecule has 0 unspecified atom stereocenters. The lowest BCUT2D eigenvalue weighted by atomic mass is 10.1. The highest BCUT2D eigenvalue weighted by Crippen LogP contribution is 2.27. The number of hydrogen-bond acceptors (Lipinski definition) is 3. The van der Waals surface area contributed by atoms with Crippen LogP contribution in [0.4, 0.5) is 0 Å². The van der Waals surface area contributed by atoms with Crippen LogP contribution >= 0.6 is 0 Å². The van der Waals surface area contributed by atoms with E-state index in [1.807, 2.05) is 24.3 Å². The van der Waals surface area contributed by atoms with Crippen LogP contribution in [0.15, 0.2) is 66.7 Å². The molecule has 0 saturated carbocycles. The summed E-state index contributed by atoms with van der Waals surface area (Å²) in [7, 11) is 0. The summed E-state index contributed by atoms with van der Waals surface area (Å²) < 4.78 is 5.28. The highest BCUT2D eigenvalue weighted by atomic mass is 16.5. The van der Waals surface area contributed by atoms with Gasteiger partial charge >= 0.3 is 11.9 Å². The predicted molar refractivity (Wildman–Crippen MR) is 82.3 cm³/mol. The van der Waals surface area contributed by atoms with Crippen molar-refractivity contribution in [3.63, 3.8) is 0 Å². The van der Waals surface area contributed by atoms with Crippen LogP contribution in [0, 0.1) is 0 Å². The van der Waals surface area contributed by atoms with E-state index in [9.17, 15) is 14.7 Å². The summed E-state index contributed by atoms with van der Waals surface area (Å²) in [4.78, 5) is 23.5. The van der Waals surface area contributed by atoms with Gasteiger partial charge in [-0.1, -0.05) is 42.5 Å². The number of carboxylic acids is 1. The Hall–Kier alpha value is -3.14. The molecule has 0 fully saturated rings. The number of ether oxygens (including phenoxy) is 1. The Balaban J connectivity index is 2.03. The van der Waals surface area contributed by atoms with Crippen molar-refractivity contribution in [2.45, 2.75) is 0 Å². The molecule has 0 amide bonds. The molecular formula is C18H12O4. The minimum Gasteiger partial charge on any atom is -0.478 e. The van der Waals surface area contributed by atoms with E-state index >= 15 is 0 Å². The number of carbonyl (C=O) groups is 2. The molecule has 0 aromatic heterocycles. The number of carboxylic acid groups (broad SMARTS) is 1. The van der Waals surface area contributed by atoms with Crippen LogP contribution < -0.4 is 4.74 Å². The Morgan fingerprint density at radius 3 is 2.05 bits per heavy atom. The maximum absolute atomic E-state index is 12.1. The van der Waals surface area contributed by atoms with Gasteiger partial charge < -0.3 is 9.84 Å². The zero-order valence-electron chi connectivity index (χ0n) is 11.5. The molecule has 3 aromatic carbocycles. The molecule has 3 rings (SSSR count). The molecule has 3 aromatic rings. The molecule has 0 radical (unpaired) electrons. The maximum atomic E-state index is 12.1. The van der Waals surface area contributed by atoms with Gasteiger partial charge in [-0.05, 0) is 35.0 Å². The van der Waals surface area contributed by atoms with Crippen molar-refractivity contribution < 1.29 is 19.4 Å². The Bertz CT molecular complexity index is 853. The SMILES string of the molecule is O=C(Oc1cc2ccccc2cc1C(=O)O)c1ccccc1. The minimum atomic E-state index is -1.14. The largest absolute Gasteiger partial charge is 0.478 e. The third-order valence-corrected chi connectivity index (χ3v) is 3.29. The Kier molecular flexibility index (Phi) is 3.58. The topological polar surface area (TPSA) is 63.6 Å². The monoisotopic (exact) mass is 292 g/mol. The minimum absolute atomic E-state index is 0.0389. The lowest BCUT2D eigenvalue weighted by molar-refractivity contribution is 0.0682. The first-order valence-electron chi connectivity index (χ1n) is 6.68. The Morgan fingerprint density at radius 2 is 1.41 bits per heavy atom. The molecule has 0 bridgehead atoms. The second-order valence-corrected chi connectivity index (χ2v) is 4.76. The highest BCUT2D eigenvalue weighted by Gasteiger charge is 2.16. The van der Waals surface area contributed by atoms with Gasteiger partial charge in [0.05, 0.1) is 5.56 Å². The maximum Gasteiger partial charge on any atom is 0.343 e. The molecular weight excluding hydrogens is 280 g/mol. The van der Waals surface area contributed by atoms with Crippen LogP contribution in [-0.2, 0) is 0 Å². The van der Waals surface area contributed by atoms with Crippen LogP contribution in [0.3, 0.4) is 0 Å². The standard InChI is InChI=1S/C18H12O4/c19-17(20)15-10-13-8-4-5-9-14(13)11-16(15)22-18(21)12-6-2-1-3-7-12/h1-11H,(H,19,20). The number of benzene rings is 3. The zero-order chi connectivity index (χ0) is 15.5. The number of aromatic carboxylic acids is 1. The molecule has 108 valence electrons. The summed E-state index contributed by atoms with van der Waals surface area (Å²) >= 11 is 0. The molecule has 22 heavy (non-hydrogen) atoms. The summed E-state index contributed by atoms with van der Waals surface area (Å²) in [6.07, 6.45) is 0. The summed E-state index contributed by atoms with van der Waals surface area (Å²) in [5.41, 5.74) is 0.329. The first kappa shape index (κ1) is 13.8. The molecule has 0 aliphatic heterocycles. The molecule has 1 N–H and O–H groups in total. The fraction of sp³-hybridized carbons (Fsp3) is 0. The van der Waals surface area contributed by atoms with Gasteiger partial charge in [0, 0.05) is 0 Å². The summed E-state index contributed by atoms with van der Waals surface area (Å²) in [6.45, 7) is 0. The van der Waals surface area contributed by atoms with Gasteiger partial charge in [0.2, 0.25) is 0 Å². The average molecular weight is 292 g/mol. The molecule has 0 heterocycles. The van der Waals surface area contributed by atoms with E-state index in [4.69, 9.17) is 4.74 Å². The van der Waals surface area contributed by atoms with Crippen LogP contribution in [0.2, 0.25) is 0 Å². The van der Waals surface area contributed by atoms with Gasteiger partial charge in [-0.3, -0.25) is 0 Å². The molecule has 0 atom stereocenters. The molecule has 0 aliphatic rings. The lowest BCUT2D eigenvalue weighted by Crippen LogP contribution is -2.11. The number of rotatable bonds is 3. The van der Waals surface area contributed by atoms with E-state index in [0.717, 1.165) is 10.8 Å². The fourth-order valence-corrected chi connectivity index (χ4v) is 2.20. The summed E-state index contributed by atoms with van der Waals surface area (Å²) in [5.74, 6) is -1.68. The smallest absolute Gasteiger partial charge is 0.343 e. The van der Waals surface area contributed by atoms with Crippen molar-refractivity contribution in [3.05, 3.63) is 77.9 Å². The molecule has 4 heteroatoms. The van der Waals surface area contributed by atoms with Crippen molar-refractivity contribution in [2.24, 2.45) is 0 Å². The second kappa shape index (κ2) is 5.69. The van der Waals surface area contributed by atoms with Crippen LogP contribution in [-0.4, -0.2) is 17.0 Å². The van der Waals surface area contributed by atoms with Crippen molar-refractivity contribution in [3.8, 4) is 5.75 Å². The van der Waals surface area contributed by atoms with E-state index in [-0.39, 0.29) is 11.3 Å². The van der Waals surface area contributed by atoms with Crippen LogP contribution in [0.5, 0.6) is 5.75 Å². The van der Waals surface area contributed by atoms with Gasteiger partial charge in [-0.15, -0.1) is 0 Å².